The smallest absolute Gasteiger partial charge is 0.220 e. The van der Waals surface area contributed by atoms with Crippen LogP contribution in [0.2, 0.25) is 0 Å². The first-order valence-electron chi connectivity index (χ1n) is 10.1. The molecule has 0 fully saturated rings. The van der Waals surface area contributed by atoms with E-state index in [-0.39, 0.29) is 5.91 Å². The van der Waals surface area contributed by atoms with Crippen molar-refractivity contribution in [1.29, 1.82) is 0 Å². The summed E-state index contributed by atoms with van der Waals surface area (Å²) in [5, 5.41) is 12.7. The van der Waals surface area contributed by atoms with E-state index in [9.17, 15) is 4.79 Å². The number of para-hydroxylation sites is 1. The van der Waals surface area contributed by atoms with Crippen molar-refractivity contribution in [3.8, 4) is 22.8 Å². The van der Waals surface area contributed by atoms with E-state index in [0.29, 0.717) is 12.3 Å². The second-order valence-corrected chi connectivity index (χ2v) is 8.42. The Hall–Kier alpha value is -2.80. The Labute approximate surface area is 182 Å². The summed E-state index contributed by atoms with van der Waals surface area (Å²) in [7, 11) is 1.65. The highest BCUT2D eigenvalue weighted by Gasteiger charge is 2.16. The molecule has 158 valence electrons. The van der Waals surface area contributed by atoms with Gasteiger partial charge in [-0.1, -0.05) is 55.9 Å². The first-order valence-corrected chi connectivity index (χ1v) is 11.1. The van der Waals surface area contributed by atoms with Gasteiger partial charge in [-0.05, 0) is 36.6 Å². The molecule has 0 aliphatic heterocycles. The Morgan fingerprint density at radius 3 is 2.67 bits per heavy atom. The average Bonchev–Trinajstić information content (AvgIpc) is 3.20. The monoisotopic (exact) mass is 424 g/mol. The third kappa shape index (κ3) is 5.86. The molecule has 0 bridgehead atoms. The van der Waals surface area contributed by atoms with Crippen molar-refractivity contribution in [3.05, 3.63) is 54.6 Å². The van der Waals surface area contributed by atoms with Gasteiger partial charge < -0.3 is 10.1 Å². The van der Waals surface area contributed by atoms with Gasteiger partial charge in [0.25, 0.3) is 0 Å². The third-order valence-corrected chi connectivity index (χ3v) is 5.48. The number of thioether (sulfide) groups is 1. The second kappa shape index (κ2) is 10.8. The average molecular weight is 425 g/mol. The zero-order valence-corrected chi connectivity index (χ0v) is 18.5. The van der Waals surface area contributed by atoms with Gasteiger partial charge in [-0.3, -0.25) is 9.36 Å². The Bertz CT molecular complexity index is 957. The van der Waals surface area contributed by atoms with E-state index in [4.69, 9.17) is 4.74 Å². The molecule has 0 saturated heterocycles. The van der Waals surface area contributed by atoms with Gasteiger partial charge >= 0.3 is 0 Å². The molecule has 0 atom stereocenters. The molecule has 3 rings (SSSR count). The minimum absolute atomic E-state index is 0.103. The van der Waals surface area contributed by atoms with Crippen LogP contribution in [-0.4, -0.2) is 40.1 Å². The summed E-state index contributed by atoms with van der Waals surface area (Å²) < 4.78 is 7.42. The van der Waals surface area contributed by atoms with Crippen LogP contribution in [0.15, 0.2) is 59.8 Å². The van der Waals surface area contributed by atoms with Crippen LogP contribution in [-0.2, 0) is 4.79 Å². The molecule has 0 aliphatic rings. The van der Waals surface area contributed by atoms with Gasteiger partial charge in [0.05, 0.1) is 7.11 Å². The highest BCUT2D eigenvalue weighted by Crippen LogP contribution is 2.30. The summed E-state index contributed by atoms with van der Waals surface area (Å²) in [4.78, 5) is 11.9. The third-order valence-electron chi connectivity index (χ3n) is 4.46. The summed E-state index contributed by atoms with van der Waals surface area (Å²) in [6.45, 7) is 4.90. The highest BCUT2D eigenvalue weighted by molar-refractivity contribution is 7.99. The van der Waals surface area contributed by atoms with Crippen molar-refractivity contribution < 1.29 is 9.53 Å². The van der Waals surface area contributed by atoms with Crippen LogP contribution in [0.5, 0.6) is 5.75 Å². The van der Waals surface area contributed by atoms with E-state index in [0.717, 1.165) is 46.7 Å². The van der Waals surface area contributed by atoms with Gasteiger partial charge in [0.2, 0.25) is 5.91 Å². The maximum Gasteiger partial charge on any atom is 0.220 e. The molecule has 3 aromatic rings. The summed E-state index contributed by atoms with van der Waals surface area (Å²) >= 11 is 1.61. The van der Waals surface area contributed by atoms with Gasteiger partial charge in [0.15, 0.2) is 11.0 Å². The van der Waals surface area contributed by atoms with Gasteiger partial charge in [-0.15, -0.1) is 10.2 Å². The van der Waals surface area contributed by atoms with Crippen molar-refractivity contribution in [2.24, 2.45) is 5.92 Å². The number of hydrogen-bond acceptors (Lipinski definition) is 5. The van der Waals surface area contributed by atoms with E-state index in [2.05, 4.69) is 33.9 Å². The van der Waals surface area contributed by atoms with Crippen LogP contribution in [0.1, 0.15) is 26.7 Å². The SMILES string of the molecule is COc1cccc(-c2nnc(SCCCC(=O)NCC(C)C)n2-c2ccccc2)c1. The lowest BCUT2D eigenvalue weighted by molar-refractivity contribution is -0.121. The first kappa shape index (κ1) is 21.9. The number of carbonyl (C=O) groups excluding carboxylic acids is 1. The summed E-state index contributed by atoms with van der Waals surface area (Å²) in [6, 6.07) is 17.9. The van der Waals surface area contributed by atoms with Crippen molar-refractivity contribution >= 4 is 17.7 Å². The number of hydrogen-bond donors (Lipinski definition) is 1. The lowest BCUT2D eigenvalue weighted by atomic mass is 10.2. The molecule has 0 spiro atoms. The zero-order valence-electron chi connectivity index (χ0n) is 17.7. The number of benzene rings is 2. The number of nitrogens with zero attached hydrogens (tertiary/aromatic N) is 3. The van der Waals surface area contributed by atoms with Crippen LogP contribution in [0.25, 0.3) is 17.1 Å². The molecular formula is C23H28N4O2S. The fourth-order valence-corrected chi connectivity index (χ4v) is 3.82. The zero-order chi connectivity index (χ0) is 21.3. The quantitative estimate of drug-likeness (QED) is 0.381. The summed E-state index contributed by atoms with van der Waals surface area (Å²) in [5.41, 5.74) is 1.93. The molecule has 0 unspecified atom stereocenters. The first-order chi connectivity index (χ1) is 14.6. The largest absolute Gasteiger partial charge is 0.497 e. The maximum absolute atomic E-state index is 11.9. The summed E-state index contributed by atoms with van der Waals surface area (Å²) in [5.74, 6) is 2.89. The second-order valence-electron chi connectivity index (χ2n) is 7.36. The Kier molecular flexibility index (Phi) is 7.90. The molecule has 2 aromatic carbocycles. The van der Waals surface area contributed by atoms with Crippen LogP contribution >= 0.6 is 11.8 Å². The molecule has 1 amide bonds. The number of carbonyl (C=O) groups is 1. The fraction of sp³-hybridized carbons (Fsp3) is 0.348. The van der Waals surface area contributed by atoms with Crippen LogP contribution in [0.4, 0.5) is 0 Å². The van der Waals surface area contributed by atoms with Crippen molar-refractivity contribution in [1.82, 2.24) is 20.1 Å². The minimum atomic E-state index is 0.103. The van der Waals surface area contributed by atoms with E-state index in [1.165, 1.54) is 0 Å². The molecular weight excluding hydrogens is 396 g/mol. The van der Waals surface area contributed by atoms with Crippen LogP contribution in [0.3, 0.4) is 0 Å². The number of rotatable bonds is 10. The topological polar surface area (TPSA) is 69.0 Å². The van der Waals surface area contributed by atoms with E-state index < -0.39 is 0 Å². The lowest BCUT2D eigenvalue weighted by Crippen LogP contribution is -2.27. The predicted molar refractivity (Wildman–Crippen MR) is 121 cm³/mol. The minimum Gasteiger partial charge on any atom is -0.497 e. The maximum atomic E-state index is 11.9. The molecule has 0 aliphatic carbocycles. The number of ether oxygens (including phenoxy) is 1. The lowest BCUT2D eigenvalue weighted by Gasteiger charge is -2.11. The Balaban J connectivity index is 1.75. The van der Waals surface area contributed by atoms with Crippen LogP contribution < -0.4 is 10.1 Å². The van der Waals surface area contributed by atoms with Gasteiger partial charge in [0, 0.05) is 30.0 Å². The van der Waals surface area contributed by atoms with Gasteiger partial charge in [-0.25, -0.2) is 0 Å². The molecule has 0 saturated carbocycles. The molecule has 0 radical (unpaired) electrons. The fourth-order valence-electron chi connectivity index (χ4n) is 2.92. The van der Waals surface area contributed by atoms with Gasteiger partial charge in [-0.2, -0.15) is 0 Å². The van der Waals surface area contributed by atoms with Crippen LogP contribution in [0, 0.1) is 5.92 Å². The predicted octanol–water partition coefficient (Wildman–Crippen LogP) is 4.59. The normalized spacial score (nSPS) is 10.9. The number of aromatic nitrogens is 3. The highest BCUT2D eigenvalue weighted by atomic mass is 32.2. The molecule has 6 nitrogen and oxygen atoms in total. The molecule has 7 heteroatoms. The molecule has 1 N–H and O–H groups in total. The standard InChI is InChI=1S/C23H28N4O2S/c1-17(2)16-24-21(28)13-8-14-30-23-26-25-22(18-9-7-12-20(15-18)29-3)27(23)19-10-5-4-6-11-19/h4-7,9-12,15,17H,8,13-14,16H2,1-3H3,(H,24,28). The summed E-state index contributed by atoms with van der Waals surface area (Å²) in [6.07, 6.45) is 1.30. The number of amides is 1. The molecule has 1 aromatic heterocycles. The molecule has 1 heterocycles. The number of methoxy groups -OCH3 is 1. The van der Waals surface area contributed by atoms with E-state index in [1.807, 2.05) is 54.6 Å². The van der Waals surface area contributed by atoms with Crippen molar-refractivity contribution in [3.63, 3.8) is 0 Å². The van der Waals surface area contributed by atoms with Crippen molar-refractivity contribution in [2.45, 2.75) is 31.8 Å². The van der Waals surface area contributed by atoms with Gasteiger partial charge in [0.1, 0.15) is 5.75 Å². The Morgan fingerprint density at radius 2 is 1.93 bits per heavy atom. The molecule has 30 heavy (non-hydrogen) atoms. The van der Waals surface area contributed by atoms with Crippen molar-refractivity contribution in [2.75, 3.05) is 19.4 Å². The number of nitrogens with one attached hydrogen (secondary N) is 1. The Morgan fingerprint density at radius 1 is 1.13 bits per heavy atom. The van der Waals surface area contributed by atoms with E-state index >= 15 is 0 Å². The van der Waals surface area contributed by atoms with E-state index in [1.54, 1.807) is 18.9 Å².